The smallest absolute Gasteiger partial charge is 0.253 e. The van der Waals surface area contributed by atoms with Gasteiger partial charge in [0.05, 0.1) is 11.9 Å². The van der Waals surface area contributed by atoms with Crippen LogP contribution in [0.2, 0.25) is 0 Å². The third-order valence-electron chi connectivity index (χ3n) is 6.97. The standard InChI is InChI=1S/C25H25FN7OS/c1-35-22-3-2-16(10-21(22)26)25(34)31-8-5-18(6-9-31)32-13-19(14-32)33-12-17(11-30-33)23-20-4-7-27-24(20)29-15-28-23/h2-4,7,10-12,15,18H,5-6,8-9,13-14H2,1H3,(H,27,28,29). The van der Waals surface area contributed by atoms with Crippen LogP contribution in [0.15, 0.2) is 54.1 Å². The highest BCUT2D eigenvalue weighted by atomic mass is 32.2. The van der Waals surface area contributed by atoms with Gasteiger partial charge in [-0.05, 0) is 43.4 Å². The molecule has 8 nitrogen and oxygen atoms in total. The van der Waals surface area contributed by atoms with Crippen molar-refractivity contribution in [3.8, 4) is 11.3 Å². The van der Waals surface area contributed by atoms with Gasteiger partial charge in [-0.3, -0.25) is 14.4 Å². The van der Waals surface area contributed by atoms with Gasteiger partial charge in [0.1, 0.15) is 23.8 Å². The van der Waals surface area contributed by atoms with Crippen molar-refractivity contribution in [2.75, 3.05) is 32.4 Å². The van der Waals surface area contributed by atoms with Gasteiger partial charge < -0.3 is 9.88 Å². The van der Waals surface area contributed by atoms with Gasteiger partial charge in [-0.2, -0.15) is 5.10 Å². The zero-order valence-electron chi connectivity index (χ0n) is 19.3. The molecule has 4 aromatic rings. The Kier molecular flexibility index (Phi) is 5.77. The van der Waals surface area contributed by atoms with Crippen molar-refractivity contribution in [1.82, 2.24) is 34.5 Å². The molecule has 2 aliphatic rings. The maximum absolute atomic E-state index is 14.1. The summed E-state index contributed by atoms with van der Waals surface area (Å²) in [6.45, 7) is 3.11. The van der Waals surface area contributed by atoms with E-state index in [4.69, 9.17) is 0 Å². The van der Waals surface area contributed by atoms with Gasteiger partial charge >= 0.3 is 0 Å². The number of halogens is 1. The molecule has 1 amide bonds. The van der Waals surface area contributed by atoms with E-state index in [1.54, 1.807) is 18.5 Å². The zero-order chi connectivity index (χ0) is 23.9. The van der Waals surface area contributed by atoms with Crippen molar-refractivity contribution >= 4 is 28.7 Å². The number of likely N-dealkylation sites (tertiary alicyclic amines) is 2. The highest BCUT2D eigenvalue weighted by molar-refractivity contribution is 7.98. The average Bonchev–Trinajstić information content (AvgIpc) is 3.53. The Bertz CT molecular complexity index is 1370. The number of rotatable bonds is 5. The Morgan fingerprint density at radius 1 is 1.17 bits per heavy atom. The Morgan fingerprint density at radius 3 is 2.77 bits per heavy atom. The number of nitrogens with zero attached hydrogens (tertiary/aromatic N) is 6. The molecule has 2 aliphatic heterocycles. The number of fused-ring (bicyclic) bond motifs is 1. The largest absolute Gasteiger partial charge is 0.346 e. The van der Waals surface area contributed by atoms with Crippen LogP contribution in [0.1, 0.15) is 23.2 Å². The van der Waals surface area contributed by atoms with Crippen molar-refractivity contribution in [2.45, 2.75) is 23.8 Å². The number of benzene rings is 1. The van der Waals surface area contributed by atoms with Gasteiger partial charge in [0, 0.05) is 66.0 Å². The van der Waals surface area contributed by atoms with Gasteiger partial charge in [-0.1, -0.05) is 0 Å². The minimum Gasteiger partial charge on any atom is -0.346 e. The normalized spacial score (nSPS) is 17.7. The number of amides is 1. The minimum atomic E-state index is -0.333. The lowest BCUT2D eigenvalue weighted by Gasteiger charge is -2.46. The van der Waals surface area contributed by atoms with Gasteiger partial charge in [0.25, 0.3) is 5.91 Å². The molecule has 2 fully saturated rings. The molecule has 0 bridgehead atoms. The summed E-state index contributed by atoms with van der Waals surface area (Å²) in [5, 5.41) is 5.55. The van der Waals surface area contributed by atoms with Gasteiger partial charge in [-0.25, -0.2) is 14.4 Å². The molecular weight excluding hydrogens is 465 g/mol. The molecule has 0 unspecified atom stereocenters. The Hall–Kier alpha value is -3.24. The fourth-order valence-corrected chi connectivity index (χ4v) is 5.42. The monoisotopic (exact) mass is 490 g/mol. The number of piperidine rings is 1. The van der Waals surface area contributed by atoms with Crippen LogP contribution in [-0.4, -0.2) is 78.9 Å². The maximum atomic E-state index is 14.1. The molecule has 0 saturated carbocycles. The lowest BCUT2D eigenvalue weighted by molar-refractivity contribution is 0.0514. The molecule has 5 heterocycles. The zero-order valence-corrected chi connectivity index (χ0v) is 20.1. The van der Waals surface area contributed by atoms with Gasteiger partial charge in [0.2, 0.25) is 0 Å². The summed E-state index contributed by atoms with van der Waals surface area (Å²) in [5.41, 5.74) is 3.08. The third-order valence-corrected chi connectivity index (χ3v) is 7.74. The Balaban J connectivity index is 1.04. The predicted octanol–water partition coefficient (Wildman–Crippen LogP) is 3.68. The topological polar surface area (TPSA) is 82.9 Å². The second-order valence-corrected chi connectivity index (χ2v) is 9.83. The fraction of sp³-hybridized carbons (Fsp3) is 0.320. The summed E-state index contributed by atoms with van der Waals surface area (Å²) in [6, 6.07) is 8.43. The summed E-state index contributed by atoms with van der Waals surface area (Å²) >= 11 is 1.34. The second kappa shape index (κ2) is 9.09. The molecule has 10 heteroatoms. The van der Waals surface area contributed by atoms with E-state index in [-0.39, 0.29) is 11.7 Å². The number of hydrogen-bond donors (Lipinski definition) is 1. The van der Waals surface area contributed by atoms with E-state index in [0.717, 1.165) is 48.2 Å². The van der Waals surface area contributed by atoms with Crippen molar-refractivity contribution in [3.63, 3.8) is 0 Å². The number of nitrogens with one attached hydrogen (secondary N) is 1. The maximum Gasteiger partial charge on any atom is 0.253 e. The highest BCUT2D eigenvalue weighted by Gasteiger charge is 2.37. The van der Waals surface area contributed by atoms with E-state index in [1.165, 1.54) is 23.9 Å². The molecule has 35 heavy (non-hydrogen) atoms. The number of thioether (sulfide) groups is 1. The van der Waals surface area contributed by atoms with Crippen LogP contribution in [0.25, 0.3) is 22.3 Å². The first-order valence-electron chi connectivity index (χ1n) is 11.7. The number of carbonyl (C=O) groups is 1. The molecule has 1 aromatic carbocycles. The number of carbonyl (C=O) groups excluding carboxylic acids is 1. The van der Waals surface area contributed by atoms with Crippen molar-refractivity contribution < 1.29 is 9.18 Å². The number of aromatic nitrogens is 5. The lowest BCUT2D eigenvalue weighted by atomic mass is 9.97. The van der Waals surface area contributed by atoms with Crippen molar-refractivity contribution in [3.05, 3.63) is 66.6 Å². The summed E-state index contributed by atoms with van der Waals surface area (Å²) in [7, 11) is 0. The highest BCUT2D eigenvalue weighted by Crippen LogP contribution is 2.30. The lowest BCUT2D eigenvalue weighted by Crippen LogP contribution is -2.56. The molecule has 0 aliphatic carbocycles. The molecular formula is C25H25FN7OS. The number of H-pyrrole nitrogens is 1. The average molecular weight is 491 g/mol. The van der Waals surface area contributed by atoms with Crippen LogP contribution in [0.3, 0.4) is 0 Å². The molecule has 6 rings (SSSR count). The molecule has 1 radical (unpaired) electrons. The van der Waals surface area contributed by atoms with Crippen LogP contribution in [0, 0.1) is 11.9 Å². The summed E-state index contributed by atoms with van der Waals surface area (Å²) < 4.78 is 16.1. The molecule has 0 spiro atoms. The van der Waals surface area contributed by atoms with Gasteiger partial charge in [-0.15, -0.1) is 11.8 Å². The van der Waals surface area contributed by atoms with Crippen molar-refractivity contribution in [2.24, 2.45) is 0 Å². The first kappa shape index (κ1) is 22.2. The van der Waals surface area contributed by atoms with E-state index in [1.807, 2.05) is 40.5 Å². The predicted molar refractivity (Wildman–Crippen MR) is 132 cm³/mol. The second-order valence-electron chi connectivity index (χ2n) is 8.98. The first-order chi connectivity index (χ1) is 17.1. The summed E-state index contributed by atoms with van der Waals surface area (Å²) in [5.74, 6) is -0.419. The van der Waals surface area contributed by atoms with E-state index < -0.39 is 0 Å². The Morgan fingerprint density at radius 2 is 2.00 bits per heavy atom. The third kappa shape index (κ3) is 4.10. The number of aromatic amines is 1. The first-order valence-corrected chi connectivity index (χ1v) is 12.9. The van der Waals surface area contributed by atoms with Crippen LogP contribution in [0.5, 0.6) is 0 Å². The quantitative estimate of drug-likeness (QED) is 0.430. The molecule has 1 N–H and O–H groups in total. The summed E-state index contributed by atoms with van der Waals surface area (Å²) in [6.07, 6.45) is 11.0. The van der Waals surface area contributed by atoms with Gasteiger partial charge in [0.15, 0.2) is 0 Å². The fourth-order valence-electron chi connectivity index (χ4n) is 4.96. The van der Waals surface area contributed by atoms with E-state index in [2.05, 4.69) is 25.0 Å². The van der Waals surface area contributed by atoms with E-state index in [9.17, 15) is 9.18 Å². The summed E-state index contributed by atoms with van der Waals surface area (Å²) in [4.78, 5) is 29.5. The minimum absolute atomic E-state index is 0.0869. The van der Waals surface area contributed by atoms with Crippen molar-refractivity contribution in [1.29, 1.82) is 0 Å². The molecule has 179 valence electrons. The SMILES string of the molecule is CSc1ccc(C(=O)N2CCC(N3C[C](n4cc(-c5ncnc6[nH]ccc56)cn4)C3)CC2)cc1F. The molecule has 2 saturated heterocycles. The van der Waals surface area contributed by atoms with Crippen LogP contribution < -0.4 is 0 Å². The van der Waals surface area contributed by atoms with Crippen LogP contribution in [-0.2, 0) is 0 Å². The Labute approximate surface area is 206 Å². The van der Waals surface area contributed by atoms with Crippen LogP contribution in [0.4, 0.5) is 4.39 Å². The molecule has 3 aromatic heterocycles. The van der Waals surface area contributed by atoms with E-state index in [0.29, 0.717) is 29.6 Å². The van der Waals surface area contributed by atoms with Crippen LogP contribution >= 0.6 is 11.8 Å². The number of hydrogen-bond acceptors (Lipinski definition) is 6. The molecule has 0 atom stereocenters. The van der Waals surface area contributed by atoms with E-state index >= 15 is 0 Å².